The Labute approximate surface area is 88.3 Å². The molecule has 5 nitrogen and oxygen atoms in total. The van der Waals surface area contributed by atoms with Crippen molar-refractivity contribution in [3.63, 3.8) is 0 Å². The smallest absolute Gasteiger partial charge is 0.246 e. The maximum atomic E-state index is 9.92. The van der Waals surface area contributed by atoms with Crippen molar-refractivity contribution in [3.05, 3.63) is 17.2 Å². The Hall–Kier alpha value is -1.22. The number of rotatable bonds is 6. The summed E-state index contributed by atoms with van der Waals surface area (Å²) in [6.45, 7) is 1.71. The van der Waals surface area contributed by atoms with Crippen LogP contribution in [0.5, 0.6) is 0 Å². The maximum absolute atomic E-state index is 9.92. The zero-order chi connectivity index (χ0) is 10.8. The lowest BCUT2D eigenvalue weighted by atomic mass is 10.2. The lowest BCUT2D eigenvalue weighted by Gasteiger charge is -2.13. The molecular formula is C10H14N3O2+. The summed E-state index contributed by atoms with van der Waals surface area (Å²) in [5, 5.41) is 15.9. The van der Waals surface area contributed by atoms with E-state index in [0.717, 1.165) is 19.4 Å². The summed E-state index contributed by atoms with van der Waals surface area (Å²) in [5.74, 6) is 5.85. The molecule has 0 aromatic rings. The van der Waals surface area contributed by atoms with Crippen molar-refractivity contribution < 1.29 is 9.85 Å². The molecule has 1 fully saturated rings. The summed E-state index contributed by atoms with van der Waals surface area (Å²) in [4.78, 5) is 9.85. The molecule has 0 aromatic heterocycles. The van der Waals surface area contributed by atoms with Gasteiger partial charge in [-0.1, -0.05) is 11.1 Å². The first-order valence-electron chi connectivity index (χ1n) is 5.08. The molecule has 0 radical (unpaired) electrons. The van der Waals surface area contributed by atoms with Crippen LogP contribution in [-0.4, -0.2) is 35.2 Å². The molecule has 0 aromatic carbocycles. The van der Waals surface area contributed by atoms with Gasteiger partial charge in [0.1, 0.15) is 6.20 Å². The Balaban J connectivity index is 1.76. The second-order valence-corrected chi connectivity index (χ2v) is 3.92. The second kappa shape index (κ2) is 3.74. The molecule has 5 heteroatoms. The van der Waals surface area contributed by atoms with Crippen LogP contribution in [0.2, 0.25) is 0 Å². The Kier molecular flexibility index (Phi) is 2.57. The molecule has 2 unspecified atom stereocenters. The highest BCUT2D eigenvalue weighted by Crippen LogP contribution is 2.39. The number of hydrogen-bond acceptors (Lipinski definition) is 4. The van der Waals surface area contributed by atoms with Crippen LogP contribution in [0.15, 0.2) is 17.5 Å². The van der Waals surface area contributed by atoms with Gasteiger partial charge in [0.15, 0.2) is 0 Å². The molecule has 15 heavy (non-hydrogen) atoms. The number of hydroxylamine groups is 3. The number of quaternary nitrogens is 1. The number of hydrogen-bond donors (Lipinski definition) is 2. The van der Waals surface area contributed by atoms with Crippen molar-refractivity contribution in [1.29, 1.82) is 0 Å². The largest absolute Gasteiger partial charge is 0.304 e. The molecular weight excluding hydrogens is 194 g/mol. The van der Waals surface area contributed by atoms with Crippen LogP contribution in [-0.2, 0) is 0 Å². The first-order valence-corrected chi connectivity index (χ1v) is 5.08. The Morgan fingerprint density at radius 3 is 3.20 bits per heavy atom. The van der Waals surface area contributed by atoms with Gasteiger partial charge in [-0.05, 0) is 18.8 Å². The van der Waals surface area contributed by atoms with E-state index in [9.17, 15) is 10.1 Å². The van der Waals surface area contributed by atoms with E-state index in [1.54, 1.807) is 12.3 Å². The van der Waals surface area contributed by atoms with Crippen molar-refractivity contribution in [2.24, 2.45) is 5.18 Å². The zero-order valence-corrected chi connectivity index (χ0v) is 8.44. The van der Waals surface area contributed by atoms with E-state index >= 15 is 0 Å². The van der Waals surface area contributed by atoms with Crippen molar-refractivity contribution in [2.45, 2.75) is 18.5 Å². The highest BCUT2D eigenvalue weighted by atomic mass is 16.6. The van der Waals surface area contributed by atoms with Crippen LogP contribution < -0.4 is 5.32 Å². The van der Waals surface area contributed by atoms with Crippen LogP contribution in [0.25, 0.3) is 0 Å². The molecule has 2 rings (SSSR count). The molecule has 0 bridgehead atoms. The summed E-state index contributed by atoms with van der Waals surface area (Å²) in [6, 6.07) is 0. The van der Waals surface area contributed by atoms with Gasteiger partial charge in [0.2, 0.25) is 6.54 Å². The van der Waals surface area contributed by atoms with E-state index in [1.165, 1.54) is 0 Å². The van der Waals surface area contributed by atoms with Gasteiger partial charge >= 0.3 is 5.66 Å². The van der Waals surface area contributed by atoms with Crippen molar-refractivity contribution in [1.82, 2.24) is 5.32 Å². The normalized spacial score (nSPS) is 35.3. The lowest BCUT2D eigenvalue weighted by Crippen LogP contribution is -2.42. The molecule has 1 saturated heterocycles. The van der Waals surface area contributed by atoms with Gasteiger partial charge in [-0.25, -0.2) is 10.5 Å². The number of nitrogens with zero attached hydrogens (tertiary/aromatic N) is 2. The monoisotopic (exact) mass is 208 g/mol. The molecule has 0 amide bonds. The van der Waals surface area contributed by atoms with E-state index in [0.29, 0.717) is 13.1 Å². The van der Waals surface area contributed by atoms with Gasteiger partial charge in [-0.3, -0.25) is 0 Å². The van der Waals surface area contributed by atoms with Crippen molar-refractivity contribution >= 4 is 0 Å². The highest BCUT2D eigenvalue weighted by Gasteiger charge is 2.71. The van der Waals surface area contributed by atoms with Crippen molar-refractivity contribution in [3.8, 4) is 11.8 Å². The average molecular weight is 208 g/mol. The third-order valence-corrected chi connectivity index (χ3v) is 2.80. The average Bonchev–Trinajstić information content (AvgIpc) is 2.84. The maximum Gasteiger partial charge on any atom is 0.304 e. The number of nitrogens with one attached hydrogen (secondary N) is 1. The Morgan fingerprint density at radius 2 is 2.47 bits per heavy atom. The fraction of sp³-hybridized carbons (Fsp3) is 0.600. The molecule has 0 saturated carbocycles. The van der Waals surface area contributed by atoms with E-state index in [1.807, 2.05) is 0 Å². The summed E-state index contributed by atoms with van der Waals surface area (Å²) in [7, 11) is 0. The molecule has 2 aliphatic heterocycles. The molecule has 0 spiro atoms. The Bertz CT molecular complexity index is 357. The molecule has 0 aliphatic carbocycles. The highest BCUT2D eigenvalue weighted by molar-refractivity contribution is 5.29. The molecule has 2 N–H and O–H groups in total. The Morgan fingerprint density at radius 1 is 1.60 bits per heavy atom. The third kappa shape index (κ3) is 1.79. The van der Waals surface area contributed by atoms with Gasteiger partial charge in [0.05, 0.1) is 6.54 Å². The number of nitroso groups, excluding NO2 is 1. The zero-order valence-electron chi connectivity index (χ0n) is 8.44. The first-order chi connectivity index (χ1) is 7.22. The fourth-order valence-corrected chi connectivity index (χ4v) is 1.78. The van der Waals surface area contributed by atoms with E-state index in [2.05, 4.69) is 22.3 Å². The van der Waals surface area contributed by atoms with Gasteiger partial charge in [-0.2, -0.15) is 4.91 Å². The predicted octanol–water partition coefficient (Wildman–Crippen LogP) is 0.569. The quantitative estimate of drug-likeness (QED) is 0.220. The minimum atomic E-state index is -0.483. The number of unbranched alkanes of at least 4 members (excludes halogenated alkanes) is 1. The third-order valence-electron chi connectivity index (χ3n) is 2.80. The number of allylic oxidation sites excluding steroid dienone is 1. The van der Waals surface area contributed by atoms with Crippen LogP contribution >= 0.6 is 0 Å². The molecule has 2 atom stereocenters. The summed E-state index contributed by atoms with van der Waals surface area (Å²) >= 11 is 0. The summed E-state index contributed by atoms with van der Waals surface area (Å²) in [6.07, 6.45) is 5.01. The van der Waals surface area contributed by atoms with Crippen molar-refractivity contribution in [2.75, 3.05) is 19.6 Å². The minimum Gasteiger partial charge on any atom is -0.246 e. The lowest BCUT2D eigenvalue weighted by molar-refractivity contribution is -0.977. The van der Waals surface area contributed by atoms with E-state index in [4.69, 9.17) is 0 Å². The molecule has 2 heterocycles. The van der Waals surface area contributed by atoms with E-state index < -0.39 is 5.66 Å². The topological polar surface area (TPSA) is 61.7 Å². The van der Waals surface area contributed by atoms with E-state index in [-0.39, 0.29) is 4.65 Å². The summed E-state index contributed by atoms with van der Waals surface area (Å²) in [5.41, 5.74) is -0.483. The number of fused-ring (bicyclic) bond motifs is 1. The predicted molar refractivity (Wildman–Crippen MR) is 54.5 cm³/mol. The standard InChI is InChI=1S/C10H14N3O2/c14-12-7-3-2-6-11-10-5-1-4-8-13(10,15)9-10/h4,8,11,15H,2-3,6-7,9H2/q+1. The van der Waals surface area contributed by atoms with Crippen LogP contribution in [0, 0.1) is 16.7 Å². The first kappa shape index (κ1) is 10.3. The van der Waals surface area contributed by atoms with Gasteiger partial charge in [0.25, 0.3) is 0 Å². The molecule has 80 valence electrons. The SMILES string of the molecule is O=NCCCCNC12C#CC=C[N+]1(O)C2. The van der Waals surface area contributed by atoms with Gasteiger partial charge < -0.3 is 0 Å². The fourth-order valence-electron chi connectivity index (χ4n) is 1.78. The molecule has 2 aliphatic rings. The van der Waals surface area contributed by atoms with Crippen LogP contribution in [0.4, 0.5) is 0 Å². The van der Waals surface area contributed by atoms with Crippen LogP contribution in [0.3, 0.4) is 0 Å². The summed E-state index contributed by atoms with van der Waals surface area (Å²) < 4.78 is -0.119. The van der Waals surface area contributed by atoms with Gasteiger partial charge in [0, 0.05) is 12.6 Å². The minimum absolute atomic E-state index is 0.119. The van der Waals surface area contributed by atoms with Crippen LogP contribution in [0.1, 0.15) is 12.8 Å². The van der Waals surface area contributed by atoms with Gasteiger partial charge in [-0.15, -0.1) is 4.65 Å². The second-order valence-electron chi connectivity index (χ2n) is 3.92.